The lowest BCUT2D eigenvalue weighted by molar-refractivity contribution is -0.153. The monoisotopic (exact) mass is 494 g/mol. The fourth-order valence-corrected chi connectivity index (χ4v) is 4.55. The van der Waals surface area contributed by atoms with Gasteiger partial charge in [0.25, 0.3) is 5.91 Å². The first-order chi connectivity index (χ1) is 18.0. The maximum atomic E-state index is 13.4. The molecule has 1 aliphatic carbocycles. The van der Waals surface area contributed by atoms with Gasteiger partial charge in [-0.05, 0) is 47.2 Å². The average Bonchev–Trinajstić information content (AvgIpc) is 3.77. The Morgan fingerprint density at radius 3 is 1.59 bits per heavy atom. The van der Waals surface area contributed by atoms with Crippen LogP contribution in [-0.4, -0.2) is 11.8 Å². The Kier molecular flexibility index (Phi) is 6.84. The van der Waals surface area contributed by atoms with Gasteiger partial charge in [0.2, 0.25) is 5.91 Å². The van der Waals surface area contributed by atoms with Gasteiger partial charge in [0.05, 0.1) is 0 Å². The van der Waals surface area contributed by atoms with Crippen LogP contribution in [0.2, 0.25) is 0 Å². The van der Waals surface area contributed by atoms with Gasteiger partial charge < -0.3 is 5.32 Å². The highest BCUT2D eigenvalue weighted by atomic mass is 19.1. The molecule has 0 aromatic heterocycles. The van der Waals surface area contributed by atoms with E-state index in [1.54, 1.807) is 12.1 Å². The minimum Gasteiger partial charge on any atom is -0.351 e. The molecular formula is C31H27FN2O3. The maximum Gasteiger partial charge on any atom is 0.259 e. The molecule has 5 rings (SSSR count). The van der Waals surface area contributed by atoms with Crippen molar-refractivity contribution in [3.8, 4) is 0 Å². The van der Waals surface area contributed by atoms with Gasteiger partial charge >= 0.3 is 0 Å². The highest BCUT2D eigenvalue weighted by Crippen LogP contribution is 2.47. The van der Waals surface area contributed by atoms with Gasteiger partial charge in [0, 0.05) is 6.54 Å². The van der Waals surface area contributed by atoms with E-state index in [2.05, 4.69) is 10.8 Å². The summed E-state index contributed by atoms with van der Waals surface area (Å²) in [7, 11) is 0. The highest BCUT2D eigenvalue weighted by Gasteiger charge is 2.57. The van der Waals surface area contributed by atoms with Crippen molar-refractivity contribution in [2.75, 3.05) is 0 Å². The van der Waals surface area contributed by atoms with Crippen molar-refractivity contribution in [2.45, 2.75) is 25.0 Å². The second-order valence-electron chi connectivity index (χ2n) is 9.20. The summed E-state index contributed by atoms with van der Waals surface area (Å²) in [5, 5.41) is 2.82. The number of hydrogen-bond donors (Lipinski definition) is 2. The molecule has 4 aromatic rings. The predicted octanol–water partition coefficient (Wildman–Crippen LogP) is 5.26. The molecule has 0 spiro atoms. The molecular weight excluding hydrogens is 467 g/mol. The molecule has 0 heterocycles. The van der Waals surface area contributed by atoms with Crippen molar-refractivity contribution in [3.63, 3.8) is 0 Å². The third-order valence-electron chi connectivity index (χ3n) is 6.82. The van der Waals surface area contributed by atoms with Crippen molar-refractivity contribution < 1.29 is 18.8 Å². The van der Waals surface area contributed by atoms with Crippen LogP contribution in [0.5, 0.6) is 0 Å². The van der Waals surface area contributed by atoms with Crippen LogP contribution in [0.4, 0.5) is 4.39 Å². The van der Waals surface area contributed by atoms with E-state index in [0.29, 0.717) is 12.8 Å². The molecule has 1 fully saturated rings. The van der Waals surface area contributed by atoms with Crippen LogP contribution in [0, 0.1) is 11.2 Å². The molecule has 0 unspecified atom stereocenters. The number of carbonyl (C=O) groups excluding carboxylic acids is 2. The second-order valence-corrected chi connectivity index (χ2v) is 9.20. The first-order valence-electron chi connectivity index (χ1n) is 12.2. The van der Waals surface area contributed by atoms with Crippen molar-refractivity contribution in [1.82, 2.24) is 10.8 Å². The Labute approximate surface area is 215 Å². The van der Waals surface area contributed by atoms with E-state index < -0.39 is 16.9 Å². The van der Waals surface area contributed by atoms with Crippen molar-refractivity contribution in [2.24, 2.45) is 5.41 Å². The summed E-state index contributed by atoms with van der Waals surface area (Å²) < 4.78 is 13.2. The van der Waals surface area contributed by atoms with Crippen LogP contribution < -0.4 is 10.8 Å². The molecule has 186 valence electrons. The number of carbonyl (C=O) groups is 2. The minimum atomic E-state index is -1.20. The van der Waals surface area contributed by atoms with E-state index in [1.807, 2.05) is 91.0 Å². The van der Waals surface area contributed by atoms with Gasteiger partial charge in [-0.25, -0.2) is 9.87 Å². The fourth-order valence-electron chi connectivity index (χ4n) is 4.55. The highest BCUT2D eigenvalue weighted by molar-refractivity contribution is 6.07. The molecule has 0 aliphatic heterocycles. The molecule has 0 saturated heterocycles. The molecule has 0 atom stereocenters. The SMILES string of the molecule is O=C(NCc1ccc(F)cc1)C1(C(=O)NOC(c2ccccc2)(c2ccccc2)c2ccccc2)CC1. The first-order valence-corrected chi connectivity index (χ1v) is 12.2. The van der Waals surface area contributed by atoms with E-state index in [1.165, 1.54) is 12.1 Å². The number of benzene rings is 4. The lowest BCUT2D eigenvalue weighted by Gasteiger charge is -2.35. The quantitative estimate of drug-likeness (QED) is 0.189. The molecule has 1 aliphatic rings. The van der Waals surface area contributed by atoms with Crippen molar-refractivity contribution in [1.29, 1.82) is 0 Å². The van der Waals surface area contributed by atoms with Crippen LogP contribution in [0.1, 0.15) is 35.1 Å². The number of rotatable bonds is 9. The van der Waals surface area contributed by atoms with E-state index in [9.17, 15) is 14.0 Å². The number of amides is 2. The number of nitrogens with one attached hydrogen (secondary N) is 2. The maximum absolute atomic E-state index is 13.4. The van der Waals surface area contributed by atoms with Gasteiger partial charge in [-0.15, -0.1) is 0 Å². The Hall–Kier alpha value is -4.29. The van der Waals surface area contributed by atoms with Gasteiger partial charge in [-0.1, -0.05) is 103 Å². The second kappa shape index (κ2) is 10.4. The predicted molar refractivity (Wildman–Crippen MR) is 138 cm³/mol. The Bertz CT molecular complexity index is 1260. The topological polar surface area (TPSA) is 67.4 Å². The molecule has 4 aromatic carbocycles. The lowest BCUT2D eigenvalue weighted by atomic mass is 9.80. The van der Waals surface area contributed by atoms with Crippen molar-refractivity contribution in [3.05, 3.63) is 143 Å². The smallest absolute Gasteiger partial charge is 0.259 e. The standard InChI is InChI=1S/C31H27FN2O3/c32-27-18-16-23(17-19-27)22-33-28(35)30(20-21-30)29(36)34-37-31(24-10-4-1-5-11-24,25-12-6-2-7-13-25)26-14-8-3-9-15-26/h1-19H,20-22H2,(H,33,35)(H,34,36). The zero-order valence-corrected chi connectivity index (χ0v) is 20.2. The molecule has 0 radical (unpaired) electrons. The third kappa shape index (κ3) is 4.88. The number of halogens is 1. The Morgan fingerprint density at radius 1 is 0.703 bits per heavy atom. The van der Waals surface area contributed by atoms with E-state index in [4.69, 9.17) is 4.84 Å². The Balaban J connectivity index is 1.41. The summed E-state index contributed by atoms with van der Waals surface area (Å²) in [6, 6.07) is 34.9. The van der Waals surface area contributed by atoms with Crippen LogP contribution in [0.3, 0.4) is 0 Å². The number of hydroxylamine groups is 1. The molecule has 2 amide bonds. The molecule has 6 heteroatoms. The molecule has 1 saturated carbocycles. The molecule has 37 heavy (non-hydrogen) atoms. The van der Waals surface area contributed by atoms with Crippen LogP contribution >= 0.6 is 0 Å². The van der Waals surface area contributed by atoms with Crippen LogP contribution in [0.15, 0.2) is 115 Å². The molecule has 2 N–H and O–H groups in total. The zero-order valence-electron chi connectivity index (χ0n) is 20.2. The summed E-state index contributed by atoms with van der Waals surface area (Å²) >= 11 is 0. The molecule has 0 bridgehead atoms. The van der Waals surface area contributed by atoms with E-state index in [-0.39, 0.29) is 18.3 Å². The van der Waals surface area contributed by atoms with Gasteiger partial charge in [-0.2, -0.15) is 0 Å². The number of hydrogen-bond acceptors (Lipinski definition) is 3. The summed E-state index contributed by atoms with van der Waals surface area (Å²) in [4.78, 5) is 32.8. The van der Waals surface area contributed by atoms with Gasteiger partial charge in [-0.3, -0.25) is 14.4 Å². The minimum absolute atomic E-state index is 0.205. The normalized spacial score (nSPS) is 14.0. The third-order valence-corrected chi connectivity index (χ3v) is 6.82. The van der Waals surface area contributed by atoms with Crippen molar-refractivity contribution >= 4 is 11.8 Å². The van der Waals surface area contributed by atoms with Gasteiger partial charge in [0.15, 0.2) is 5.60 Å². The average molecular weight is 495 g/mol. The van der Waals surface area contributed by atoms with E-state index >= 15 is 0 Å². The summed E-state index contributed by atoms with van der Waals surface area (Å²) in [5.74, 6) is -1.21. The fraction of sp³-hybridized carbons (Fsp3) is 0.161. The van der Waals surface area contributed by atoms with Crippen LogP contribution in [0.25, 0.3) is 0 Å². The Morgan fingerprint density at radius 2 is 1.16 bits per heavy atom. The zero-order chi connectivity index (χ0) is 25.7. The van der Waals surface area contributed by atoms with E-state index in [0.717, 1.165) is 22.3 Å². The van der Waals surface area contributed by atoms with Crippen LogP contribution in [-0.2, 0) is 26.6 Å². The largest absolute Gasteiger partial charge is 0.351 e. The van der Waals surface area contributed by atoms with Gasteiger partial charge in [0.1, 0.15) is 11.2 Å². The lowest BCUT2D eigenvalue weighted by Crippen LogP contribution is -2.47. The summed E-state index contributed by atoms with van der Waals surface area (Å²) in [6.07, 6.45) is 0.846. The summed E-state index contributed by atoms with van der Waals surface area (Å²) in [5.41, 5.74) is 3.57. The first kappa shape index (κ1) is 24.4. The molecule has 5 nitrogen and oxygen atoms in total. The summed E-state index contributed by atoms with van der Waals surface area (Å²) in [6.45, 7) is 0.205.